The lowest BCUT2D eigenvalue weighted by atomic mass is 9.95. The number of benzene rings is 1. The highest BCUT2D eigenvalue weighted by Gasteiger charge is 2.28. The molecular weight excluding hydrogens is 444 g/mol. The number of piperidine rings is 1. The highest BCUT2D eigenvalue weighted by Crippen LogP contribution is 2.22. The van der Waals surface area contributed by atoms with Gasteiger partial charge >= 0.3 is 6.03 Å². The van der Waals surface area contributed by atoms with Crippen molar-refractivity contribution in [1.29, 1.82) is 0 Å². The number of furan rings is 1. The van der Waals surface area contributed by atoms with E-state index in [0.29, 0.717) is 44.0 Å². The third kappa shape index (κ3) is 6.86. The predicted octanol–water partition coefficient (Wildman–Crippen LogP) is 3.95. The molecule has 2 aliphatic rings. The molecule has 2 fully saturated rings. The first-order chi connectivity index (χ1) is 17.0. The van der Waals surface area contributed by atoms with Gasteiger partial charge in [0, 0.05) is 44.5 Å². The number of nitrogens with one attached hydrogen (secondary N) is 1. The molecule has 0 aliphatic carbocycles. The first-order valence-electron chi connectivity index (χ1n) is 12.8. The summed E-state index contributed by atoms with van der Waals surface area (Å²) in [7, 11) is 0. The molecule has 1 unspecified atom stereocenters. The molecule has 190 valence electrons. The molecule has 8 nitrogen and oxygen atoms in total. The van der Waals surface area contributed by atoms with E-state index in [4.69, 9.17) is 9.15 Å². The quantitative estimate of drug-likeness (QED) is 0.617. The summed E-state index contributed by atoms with van der Waals surface area (Å²) in [6.07, 6.45) is 4.51. The third-order valence-corrected chi connectivity index (χ3v) is 7.15. The maximum atomic E-state index is 12.8. The van der Waals surface area contributed by atoms with Gasteiger partial charge in [-0.2, -0.15) is 0 Å². The van der Waals surface area contributed by atoms with Crippen LogP contribution in [-0.4, -0.2) is 85.2 Å². The average Bonchev–Trinajstić information content (AvgIpc) is 3.43. The van der Waals surface area contributed by atoms with Gasteiger partial charge in [-0.1, -0.05) is 19.1 Å². The van der Waals surface area contributed by atoms with E-state index in [1.807, 2.05) is 28.0 Å². The second-order valence-electron chi connectivity index (χ2n) is 9.58. The monoisotopic (exact) mass is 482 g/mol. The van der Waals surface area contributed by atoms with Crippen LogP contribution in [0.4, 0.5) is 10.5 Å². The molecular formula is C27H38N4O4. The molecule has 4 rings (SSSR count). The topological polar surface area (TPSA) is 78.3 Å². The Labute approximate surface area is 208 Å². The molecule has 1 atom stereocenters. The summed E-state index contributed by atoms with van der Waals surface area (Å²) < 4.78 is 10.6. The number of carbonyl (C=O) groups excluding carboxylic acids is 2. The van der Waals surface area contributed by atoms with Crippen molar-refractivity contribution in [2.75, 3.05) is 57.8 Å². The standard InChI is InChI=1S/C27H38N4O4/c1-3-29(20-22-9-11-30(12-10-22)27(33)31-13-16-34-17-14-31)21(2)18-23-6-4-7-24(19-23)28-26(32)25-8-5-15-35-25/h4-8,15,19,21-22H,3,9-14,16-18,20H2,1-2H3,(H,28,32). The van der Waals surface area contributed by atoms with Crippen LogP contribution in [0.15, 0.2) is 47.1 Å². The van der Waals surface area contributed by atoms with Gasteiger partial charge in [-0.05, 0) is 68.5 Å². The lowest BCUT2D eigenvalue weighted by molar-refractivity contribution is 0.0387. The zero-order valence-electron chi connectivity index (χ0n) is 20.9. The number of likely N-dealkylation sites (tertiary alicyclic amines) is 1. The van der Waals surface area contributed by atoms with Crippen LogP contribution in [0.5, 0.6) is 0 Å². The molecule has 1 aromatic carbocycles. The summed E-state index contributed by atoms with van der Waals surface area (Å²) >= 11 is 0. The number of anilines is 1. The number of amides is 3. The van der Waals surface area contributed by atoms with Crippen LogP contribution in [0.3, 0.4) is 0 Å². The van der Waals surface area contributed by atoms with Gasteiger partial charge in [0.1, 0.15) is 0 Å². The molecule has 2 aliphatic heterocycles. The fourth-order valence-corrected chi connectivity index (χ4v) is 5.06. The summed E-state index contributed by atoms with van der Waals surface area (Å²) in [6, 6.07) is 12.0. The van der Waals surface area contributed by atoms with E-state index in [2.05, 4.69) is 30.1 Å². The molecule has 0 radical (unpaired) electrons. The maximum Gasteiger partial charge on any atom is 0.320 e. The maximum absolute atomic E-state index is 12.8. The minimum absolute atomic E-state index is 0.173. The summed E-state index contributed by atoms with van der Waals surface area (Å²) in [6.45, 7) is 10.9. The van der Waals surface area contributed by atoms with Gasteiger partial charge in [0.05, 0.1) is 19.5 Å². The number of hydrogen-bond acceptors (Lipinski definition) is 5. The van der Waals surface area contributed by atoms with Crippen molar-refractivity contribution >= 4 is 17.6 Å². The minimum Gasteiger partial charge on any atom is -0.459 e. The zero-order valence-corrected chi connectivity index (χ0v) is 20.9. The average molecular weight is 483 g/mol. The number of likely N-dealkylation sites (N-methyl/N-ethyl adjacent to an activating group) is 1. The van der Waals surface area contributed by atoms with Crippen LogP contribution in [0, 0.1) is 5.92 Å². The molecule has 2 saturated heterocycles. The van der Waals surface area contributed by atoms with Gasteiger partial charge in [0.15, 0.2) is 5.76 Å². The van der Waals surface area contributed by atoms with Gasteiger partial charge in [0.25, 0.3) is 5.91 Å². The molecule has 0 saturated carbocycles. The van der Waals surface area contributed by atoms with Crippen molar-refractivity contribution in [3.05, 3.63) is 54.0 Å². The lowest BCUT2D eigenvalue weighted by Crippen LogP contribution is -2.51. The Bertz CT molecular complexity index is 950. The highest BCUT2D eigenvalue weighted by molar-refractivity contribution is 6.02. The van der Waals surface area contributed by atoms with E-state index < -0.39 is 0 Å². The van der Waals surface area contributed by atoms with Crippen molar-refractivity contribution < 1.29 is 18.7 Å². The van der Waals surface area contributed by atoms with E-state index in [1.165, 1.54) is 11.8 Å². The minimum atomic E-state index is -0.242. The van der Waals surface area contributed by atoms with Crippen LogP contribution in [0.1, 0.15) is 42.8 Å². The van der Waals surface area contributed by atoms with Crippen molar-refractivity contribution in [2.24, 2.45) is 5.92 Å². The Morgan fingerprint density at radius 1 is 1.09 bits per heavy atom. The number of ether oxygens (including phenoxy) is 1. The fraction of sp³-hybridized carbons (Fsp3) is 0.556. The number of rotatable bonds is 8. The highest BCUT2D eigenvalue weighted by atomic mass is 16.5. The van der Waals surface area contributed by atoms with Gasteiger partial charge in [0.2, 0.25) is 0 Å². The zero-order chi connectivity index (χ0) is 24.6. The lowest BCUT2D eigenvalue weighted by Gasteiger charge is -2.39. The molecule has 0 bridgehead atoms. The summed E-state index contributed by atoms with van der Waals surface area (Å²) in [5.41, 5.74) is 1.97. The van der Waals surface area contributed by atoms with Crippen molar-refractivity contribution in [3.8, 4) is 0 Å². The number of carbonyl (C=O) groups is 2. The number of hydrogen-bond donors (Lipinski definition) is 1. The second-order valence-corrected chi connectivity index (χ2v) is 9.58. The first-order valence-corrected chi connectivity index (χ1v) is 12.8. The Kier molecular flexibility index (Phi) is 8.82. The van der Waals surface area contributed by atoms with Gasteiger partial charge in [-0.15, -0.1) is 0 Å². The van der Waals surface area contributed by atoms with Crippen molar-refractivity contribution in [2.45, 2.75) is 39.2 Å². The molecule has 3 heterocycles. The Morgan fingerprint density at radius 3 is 2.51 bits per heavy atom. The van der Waals surface area contributed by atoms with Crippen LogP contribution in [0.25, 0.3) is 0 Å². The van der Waals surface area contributed by atoms with Gasteiger partial charge in [-0.25, -0.2) is 4.79 Å². The number of nitrogens with zero attached hydrogens (tertiary/aromatic N) is 3. The normalized spacial score (nSPS) is 18.0. The van der Waals surface area contributed by atoms with Crippen LogP contribution >= 0.6 is 0 Å². The fourth-order valence-electron chi connectivity index (χ4n) is 5.06. The van der Waals surface area contributed by atoms with Crippen LogP contribution in [-0.2, 0) is 11.2 Å². The van der Waals surface area contributed by atoms with E-state index >= 15 is 0 Å². The molecule has 8 heteroatoms. The summed E-state index contributed by atoms with van der Waals surface area (Å²) in [5, 5.41) is 2.91. The molecule has 2 aromatic rings. The molecule has 35 heavy (non-hydrogen) atoms. The predicted molar refractivity (Wildman–Crippen MR) is 136 cm³/mol. The SMILES string of the molecule is CCN(CC1CCN(C(=O)N2CCOCC2)CC1)C(C)Cc1cccc(NC(=O)c2ccco2)c1. The van der Waals surface area contributed by atoms with E-state index in [0.717, 1.165) is 51.1 Å². The molecule has 1 N–H and O–H groups in total. The Balaban J connectivity index is 1.25. The largest absolute Gasteiger partial charge is 0.459 e. The number of urea groups is 1. The second kappa shape index (κ2) is 12.2. The Morgan fingerprint density at radius 2 is 1.83 bits per heavy atom. The first kappa shape index (κ1) is 25.3. The Hall–Kier alpha value is -2.84. The van der Waals surface area contributed by atoms with E-state index in [9.17, 15) is 9.59 Å². The summed E-state index contributed by atoms with van der Waals surface area (Å²) in [5.74, 6) is 0.664. The summed E-state index contributed by atoms with van der Waals surface area (Å²) in [4.78, 5) is 31.5. The van der Waals surface area contributed by atoms with Crippen LogP contribution in [0.2, 0.25) is 0 Å². The van der Waals surface area contributed by atoms with E-state index in [1.54, 1.807) is 12.1 Å². The van der Waals surface area contributed by atoms with Gasteiger partial charge < -0.3 is 29.2 Å². The van der Waals surface area contributed by atoms with Crippen LogP contribution < -0.4 is 5.32 Å². The number of morpholine rings is 1. The van der Waals surface area contributed by atoms with Crippen molar-refractivity contribution in [3.63, 3.8) is 0 Å². The van der Waals surface area contributed by atoms with Gasteiger partial charge in [-0.3, -0.25) is 4.79 Å². The molecule has 3 amide bonds. The molecule has 0 spiro atoms. The third-order valence-electron chi connectivity index (χ3n) is 7.15. The van der Waals surface area contributed by atoms with Crippen molar-refractivity contribution in [1.82, 2.24) is 14.7 Å². The smallest absolute Gasteiger partial charge is 0.320 e. The van der Waals surface area contributed by atoms with E-state index in [-0.39, 0.29) is 11.9 Å². The molecule has 1 aromatic heterocycles.